The molecule has 0 fully saturated rings. The molecule has 1 aromatic heterocycles. The van der Waals surface area contributed by atoms with E-state index in [-0.39, 0.29) is 18.2 Å². The molecule has 0 N–H and O–H groups in total. The largest absolute Gasteiger partial charge is 0.497 e. The fourth-order valence-electron chi connectivity index (χ4n) is 2.08. The van der Waals surface area contributed by atoms with Gasteiger partial charge in [-0.25, -0.2) is 0 Å². The number of aromatic nitrogens is 2. The van der Waals surface area contributed by atoms with E-state index >= 15 is 0 Å². The molecular weight excluding hydrogens is 337 g/mol. The lowest BCUT2D eigenvalue weighted by molar-refractivity contribution is -0.137. The van der Waals surface area contributed by atoms with Crippen LogP contribution < -0.4 is 9.47 Å². The predicted molar refractivity (Wildman–Crippen MR) is 82.1 cm³/mol. The van der Waals surface area contributed by atoms with Crippen LogP contribution in [0, 0.1) is 0 Å². The van der Waals surface area contributed by atoms with E-state index in [0.717, 1.165) is 12.1 Å². The molecule has 0 spiro atoms. The van der Waals surface area contributed by atoms with E-state index in [1.165, 1.54) is 12.1 Å². The Labute approximate surface area is 141 Å². The summed E-state index contributed by atoms with van der Waals surface area (Å²) < 4.78 is 53.1. The quantitative estimate of drug-likeness (QED) is 0.685. The lowest BCUT2D eigenvalue weighted by Crippen LogP contribution is -2.04. The zero-order valence-corrected chi connectivity index (χ0v) is 13.1. The molecule has 0 aliphatic carbocycles. The average molecular weight is 350 g/mol. The summed E-state index contributed by atoms with van der Waals surface area (Å²) in [5.74, 6) is 1.50. The molecule has 3 aromatic rings. The van der Waals surface area contributed by atoms with Crippen LogP contribution in [0.1, 0.15) is 11.5 Å². The number of alkyl halides is 3. The molecule has 5 nitrogen and oxygen atoms in total. The van der Waals surface area contributed by atoms with Gasteiger partial charge in [0.05, 0.1) is 12.7 Å². The maximum Gasteiger partial charge on any atom is 0.416 e. The molecule has 0 aliphatic heterocycles. The topological polar surface area (TPSA) is 57.4 Å². The third kappa shape index (κ3) is 4.09. The van der Waals surface area contributed by atoms with Crippen molar-refractivity contribution < 1.29 is 27.2 Å². The Morgan fingerprint density at radius 2 is 1.80 bits per heavy atom. The highest BCUT2D eigenvalue weighted by atomic mass is 19.4. The molecule has 3 rings (SSSR count). The Kier molecular flexibility index (Phi) is 4.60. The molecule has 130 valence electrons. The number of hydrogen-bond acceptors (Lipinski definition) is 5. The van der Waals surface area contributed by atoms with E-state index in [4.69, 9.17) is 14.0 Å². The minimum atomic E-state index is -4.38. The van der Waals surface area contributed by atoms with Crippen LogP contribution in [0.15, 0.2) is 53.1 Å². The maximum absolute atomic E-state index is 12.5. The number of ether oxygens (including phenoxy) is 2. The van der Waals surface area contributed by atoms with Gasteiger partial charge in [-0.05, 0) is 36.4 Å². The van der Waals surface area contributed by atoms with Crippen LogP contribution >= 0.6 is 0 Å². The Balaban J connectivity index is 1.65. The highest BCUT2D eigenvalue weighted by Crippen LogP contribution is 2.30. The second kappa shape index (κ2) is 6.84. The number of nitrogens with zero attached hydrogens (tertiary/aromatic N) is 2. The zero-order valence-electron chi connectivity index (χ0n) is 13.1. The maximum atomic E-state index is 12.5. The average Bonchev–Trinajstić information content (AvgIpc) is 3.09. The highest BCUT2D eigenvalue weighted by Gasteiger charge is 2.30. The van der Waals surface area contributed by atoms with E-state index in [1.807, 2.05) is 0 Å². The van der Waals surface area contributed by atoms with E-state index in [2.05, 4.69) is 10.1 Å². The van der Waals surface area contributed by atoms with Crippen molar-refractivity contribution >= 4 is 0 Å². The molecule has 2 aromatic carbocycles. The molecule has 0 saturated heterocycles. The number of hydrogen-bond donors (Lipinski definition) is 0. The van der Waals surface area contributed by atoms with Crippen LogP contribution in [0.25, 0.3) is 11.4 Å². The van der Waals surface area contributed by atoms with Crippen LogP contribution in [0.3, 0.4) is 0 Å². The van der Waals surface area contributed by atoms with Gasteiger partial charge in [-0.1, -0.05) is 17.3 Å². The second-order valence-corrected chi connectivity index (χ2v) is 5.05. The molecule has 0 radical (unpaired) electrons. The fraction of sp³-hybridized carbons (Fsp3) is 0.176. The van der Waals surface area contributed by atoms with Crippen LogP contribution in [-0.2, 0) is 12.8 Å². The van der Waals surface area contributed by atoms with Crippen molar-refractivity contribution in [1.29, 1.82) is 0 Å². The van der Waals surface area contributed by atoms with Gasteiger partial charge in [0.2, 0.25) is 5.82 Å². The Hall–Kier alpha value is -3.03. The van der Waals surface area contributed by atoms with Gasteiger partial charge in [0, 0.05) is 5.56 Å². The van der Waals surface area contributed by atoms with Gasteiger partial charge < -0.3 is 14.0 Å². The molecule has 0 unspecified atom stereocenters. The van der Waals surface area contributed by atoms with E-state index in [0.29, 0.717) is 17.1 Å². The minimum absolute atomic E-state index is 0.0532. The lowest BCUT2D eigenvalue weighted by Gasteiger charge is -2.07. The molecule has 0 bridgehead atoms. The van der Waals surface area contributed by atoms with E-state index in [9.17, 15) is 13.2 Å². The summed E-state index contributed by atoms with van der Waals surface area (Å²) in [5.41, 5.74) is -0.0261. The zero-order chi connectivity index (χ0) is 17.9. The molecule has 0 saturated carbocycles. The fourth-order valence-corrected chi connectivity index (χ4v) is 2.08. The third-order valence-electron chi connectivity index (χ3n) is 3.34. The SMILES string of the molecule is COc1cccc(-c2noc(COc3ccc(C(F)(F)F)cc3)n2)c1. The van der Waals surface area contributed by atoms with Crippen molar-refractivity contribution in [2.24, 2.45) is 0 Å². The highest BCUT2D eigenvalue weighted by molar-refractivity contribution is 5.56. The van der Waals surface area contributed by atoms with Crippen molar-refractivity contribution in [1.82, 2.24) is 10.1 Å². The summed E-state index contributed by atoms with van der Waals surface area (Å²) in [6.45, 7) is -0.0532. The number of benzene rings is 2. The van der Waals surface area contributed by atoms with Gasteiger partial charge >= 0.3 is 6.18 Å². The van der Waals surface area contributed by atoms with Gasteiger partial charge in [-0.3, -0.25) is 0 Å². The molecule has 0 aliphatic rings. The van der Waals surface area contributed by atoms with Crippen LogP contribution in [-0.4, -0.2) is 17.3 Å². The van der Waals surface area contributed by atoms with Crippen molar-refractivity contribution in [3.63, 3.8) is 0 Å². The number of rotatable bonds is 5. The summed E-state index contributed by atoms with van der Waals surface area (Å²) in [7, 11) is 1.55. The van der Waals surface area contributed by atoms with Gasteiger partial charge in [0.15, 0.2) is 6.61 Å². The standard InChI is InChI=1S/C17H13F3N2O3/c1-23-14-4-2-3-11(9-14)16-21-15(25-22-16)10-24-13-7-5-12(6-8-13)17(18,19)20/h2-9H,10H2,1H3. The van der Waals surface area contributed by atoms with Crippen LogP contribution in [0.5, 0.6) is 11.5 Å². The molecule has 25 heavy (non-hydrogen) atoms. The third-order valence-corrected chi connectivity index (χ3v) is 3.34. The number of halogens is 3. The predicted octanol–water partition coefficient (Wildman–Crippen LogP) is 4.34. The Morgan fingerprint density at radius 1 is 1.04 bits per heavy atom. The summed E-state index contributed by atoms with van der Waals surface area (Å²) in [6.07, 6.45) is -4.38. The monoisotopic (exact) mass is 350 g/mol. The summed E-state index contributed by atoms with van der Waals surface area (Å²) in [4.78, 5) is 4.19. The molecule has 8 heteroatoms. The first-order chi connectivity index (χ1) is 12.0. The lowest BCUT2D eigenvalue weighted by atomic mass is 10.2. The first-order valence-corrected chi connectivity index (χ1v) is 7.23. The van der Waals surface area contributed by atoms with Gasteiger partial charge in [-0.15, -0.1) is 0 Å². The van der Waals surface area contributed by atoms with Gasteiger partial charge in [0.25, 0.3) is 5.89 Å². The van der Waals surface area contributed by atoms with Crippen molar-refractivity contribution in [2.75, 3.05) is 7.11 Å². The summed E-state index contributed by atoms with van der Waals surface area (Å²) in [5, 5.41) is 3.85. The Bertz CT molecular complexity index is 845. The van der Waals surface area contributed by atoms with Crippen molar-refractivity contribution in [2.45, 2.75) is 12.8 Å². The van der Waals surface area contributed by atoms with Crippen LogP contribution in [0.2, 0.25) is 0 Å². The second-order valence-electron chi connectivity index (χ2n) is 5.05. The van der Waals surface area contributed by atoms with Crippen molar-refractivity contribution in [3.05, 3.63) is 60.0 Å². The molecular formula is C17H13F3N2O3. The first-order valence-electron chi connectivity index (χ1n) is 7.23. The number of methoxy groups -OCH3 is 1. The Morgan fingerprint density at radius 3 is 2.48 bits per heavy atom. The molecule has 1 heterocycles. The van der Waals surface area contributed by atoms with Crippen molar-refractivity contribution in [3.8, 4) is 22.9 Å². The van der Waals surface area contributed by atoms with Gasteiger partial charge in [-0.2, -0.15) is 18.2 Å². The first kappa shape index (κ1) is 16.8. The molecule has 0 atom stereocenters. The van der Waals surface area contributed by atoms with E-state index in [1.54, 1.807) is 31.4 Å². The summed E-state index contributed by atoms with van der Waals surface area (Å²) in [6, 6.07) is 11.5. The van der Waals surface area contributed by atoms with Gasteiger partial charge in [0.1, 0.15) is 11.5 Å². The smallest absolute Gasteiger partial charge is 0.416 e. The van der Waals surface area contributed by atoms with E-state index < -0.39 is 11.7 Å². The summed E-state index contributed by atoms with van der Waals surface area (Å²) >= 11 is 0. The normalized spacial score (nSPS) is 11.4. The van der Waals surface area contributed by atoms with Crippen LogP contribution in [0.4, 0.5) is 13.2 Å². The molecule has 0 amide bonds. The minimum Gasteiger partial charge on any atom is -0.497 e.